The van der Waals surface area contributed by atoms with E-state index in [1.807, 2.05) is 32.3 Å². The molecule has 2 N–H and O–H groups in total. The Hall–Kier alpha value is -1.17. The normalized spacial score (nSPS) is 14.6. The van der Waals surface area contributed by atoms with Crippen LogP contribution in [0.15, 0.2) is 16.0 Å². The number of nitrogens with one attached hydrogen (secondary N) is 1. The number of aliphatic hydroxyl groups is 1. The molecule has 2 aromatic rings. The smallest absolute Gasteiger partial charge is 0.107 e. The molecule has 0 bridgehead atoms. The van der Waals surface area contributed by atoms with Crippen molar-refractivity contribution in [3.63, 3.8) is 0 Å². The van der Waals surface area contributed by atoms with E-state index in [1.54, 1.807) is 18.3 Å². The van der Waals surface area contributed by atoms with Crippen molar-refractivity contribution < 1.29 is 9.52 Å². The summed E-state index contributed by atoms with van der Waals surface area (Å²) in [5, 5.41) is 13.8. The molecule has 2 rings (SSSR count). The van der Waals surface area contributed by atoms with Crippen molar-refractivity contribution >= 4 is 11.3 Å². The van der Waals surface area contributed by atoms with Gasteiger partial charge in [0.05, 0.1) is 11.2 Å². The summed E-state index contributed by atoms with van der Waals surface area (Å²) in [6.07, 6.45) is 0. The highest BCUT2D eigenvalue weighted by atomic mass is 32.1. The van der Waals surface area contributed by atoms with Crippen LogP contribution in [0.25, 0.3) is 0 Å². The SMILES string of the molecule is Cc1cc(C(C)(O)CNCc2scnc2C)c(C)o1. The summed E-state index contributed by atoms with van der Waals surface area (Å²) in [7, 11) is 0. The lowest BCUT2D eigenvalue weighted by Gasteiger charge is -2.23. The third kappa shape index (κ3) is 3.23. The Morgan fingerprint density at radius 2 is 2.16 bits per heavy atom. The Morgan fingerprint density at radius 3 is 2.68 bits per heavy atom. The fraction of sp³-hybridized carbons (Fsp3) is 0.500. The highest BCUT2D eigenvalue weighted by molar-refractivity contribution is 7.09. The molecule has 0 fully saturated rings. The molecule has 1 unspecified atom stereocenters. The fourth-order valence-corrected chi connectivity index (χ4v) is 2.92. The number of furan rings is 1. The van der Waals surface area contributed by atoms with E-state index in [9.17, 15) is 5.11 Å². The number of hydrogen-bond acceptors (Lipinski definition) is 5. The third-order valence-electron chi connectivity index (χ3n) is 3.22. The minimum absolute atomic E-state index is 0.476. The van der Waals surface area contributed by atoms with Crippen LogP contribution < -0.4 is 5.32 Å². The van der Waals surface area contributed by atoms with Gasteiger partial charge in [0.15, 0.2) is 0 Å². The molecule has 0 aliphatic rings. The molecule has 4 nitrogen and oxygen atoms in total. The van der Waals surface area contributed by atoms with Crippen molar-refractivity contribution in [3.05, 3.63) is 39.2 Å². The van der Waals surface area contributed by atoms with Crippen LogP contribution in [0.1, 0.15) is 34.6 Å². The van der Waals surface area contributed by atoms with Gasteiger partial charge in [0.2, 0.25) is 0 Å². The molecule has 5 heteroatoms. The van der Waals surface area contributed by atoms with Gasteiger partial charge in [-0.3, -0.25) is 0 Å². The largest absolute Gasteiger partial charge is 0.466 e. The predicted octanol–water partition coefficient (Wildman–Crippen LogP) is 2.66. The lowest BCUT2D eigenvalue weighted by molar-refractivity contribution is 0.0552. The second-order valence-electron chi connectivity index (χ2n) is 5.07. The molecule has 0 aromatic carbocycles. The molecule has 0 aliphatic carbocycles. The molecule has 104 valence electrons. The average Bonchev–Trinajstić information content (AvgIpc) is 2.86. The number of thiazole rings is 1. The molecule has 2 aromatic heterocycles. The van der Waals surface area contributed by atoms with Gasteiger partial charge in [0, 0.05) is 23.5 Å². The van der Waals surface area contributed by atoms with Gasteiger partial charge >= 0.3 is 0 Å². The Balaban J connectivity index is 1.98. The summed E-state index contributed by atoms with van der Waals surface area (Å²) in [5.74, 6) is 1.60. The van der Waals surface area contributed by atoms with Crippen LogP contribution in [0, 0.1) is 20.8 Å². The quantitative estimate of drug-likeness (QED) is 0.884. The second-order valence-corrected chi connectivity index (χ2v) is 6.00. The van der Waals surface area contributed by atoms with Gasteiger partial charge in [-0.2, -0.15) is 0 Å². The van der Waals surface area contributed by atoms with Crippen molar-refractivity contribution in [2.24, 2.45) is 0 Å². The monoisotopic (exact) mass is 280 g/mol. The van der Waals surface area contributed by atoms with Gasteiger partial charge in [-0.1, -0.05) is 0 Å². The number of aromatic nitrogens is 1. The van der Waals surface area contributed by atoms with Gasteiger partial charge in [0.25, 0.3) is 0 Å². The summed E-state index contributed by atoms with van der Waals surface area (Å²) >= 11 is 1.63. The minimum atomic E-state index is -0.930. The van der Waals surface area contributed by atoms with Gasteiger partial charge < -0.3 is 14.8 Å². The molecule has 0 aliphatic heterocycles. The third-order valence-corrected chi connectivity index (χ3v) is 4.16. The predicted molar refractivity (Wildman–Crippen MR) is 76.3 cm³/mol. The fourth-order valence-electron chi connectivity index (χ4n) is 2.18. The molecule has 0 saturated heterocycles. The number of hydrogen-bond donors (Lipinski definition) is 2. The summed E-state index contributed by atoms with van der Waals surface area (Å²) in [4.78, 5) is 5.41. The molecule has 1 atom stereocenters. The maximum atomic E-state index is 10.5. The van der Waals surface area contributed by atoms with E-state index in [0.717, 1.165) is 29.3 Å². The zero-order valence-corrected chi connectivity index (χ0v) is 12.6. The standard InChI is InChI=1S/C14H20N2O2S/c1-9-5-12(11(3)18-9)14(4,17)7-15-6-13-10(2)16-8-19-13/h5,8,15,17H,6-7H2,1-4H3. The lowest BCUT2D eigenvalue weighted by atomic mass is 9.96. The van der Waals surface area contributed by atoms with E-state index in [1.165, 1.54) is 4.88 Å². The van der Waals surface area contributed by atoms with Crippen LogP contribution in [0.3, 0.4) is 0 Å². The summed E-state index contributed by atoms with van der Waals surface area (Å²) in [6, 6.07) is 1.90. The van der Waals surface area contributed by atoms with Gasteiger partial charge in [-0.25, -0.2) is 4.98 Å². The van der Waals surface area contributed by atoms with E-state index in [-0.39, 0.29) is 0 Å². The topological polar surface area (TPSA) is 58.3 Å². The summed E-state index contributed by atoms with van der Waals surface area (Å²) in [5.41, 5.74) is 2.81. The van der Waals surface area contributed by atoms with Gasteiger partial charge in [0.1, 0.15) is 17.1 Å². The lowest BCUT2D eigenvalue weighted by Crippen LogP contribution is -2.35. The van der Waals surface area contributed by atoms with E-state index in [4.69, 9.17) is 4.42 Å². The molecule has 0 saturated carbocycles. The first kappa shape index (κ1) is 14.2. The highest BCUT2D eigenvalue weighted by Gasteiger charge is 2.27. The first-order valence-electron chi connectivity index (χ1n) is 6.30. The second kappa shape index (κ2) is 5.45. The zero-order chi connectivity index (χ0) is 14.0. The van der Waals surface area contributed by atoms with E-state index in [2.05, 4.69) is 10.3 Å². The Kier molecular flexibility index (Phi) is 4.08. The molecule has 0 spiro atoms. The van der Waals surface area contributed by atoms with Crippen molar-refractivity contribution in [1.29, 1.82) is 0 Å². The first-order valence-corrected chi connectivity index (χ1v) is 7.17. The van der Waals surface area contributed by atoms with E-state index in [0.29, 0.717) is 6.54 Å². The molecular weight excluding hydrogens is 260 g/mol. The Morgan fingerprint density at radius 1 is 1.42 bits per heavy atom. The van der Waals surface area contributed by atoms with E-state index < -0.39 is 5.60 Å². The van der Waals surface area contributed by atoms with Crippen molar-refractivity contribution in [2.45, 2.75) is 39.8 Å². The van der Waals surface area contributed by atoms with Crippen molar-refractivity contribution in [3.8, 4) is 0 Å². The summed E-state index contributed by atoms with van der Waals surface area (Å²) in [6.45, 7) is 8.77. The van der Waals surface area contributed by atoms with Gasteiger partial charge in [-0.15, -0.1) is 11.3 Å². The zero-order valence-electron chi connectivity index (χ0n) is 11.8. The van der Waals surface area contributed by atoms with Crippen LogP contribution in [-0.4, -0.2) is 16.6 Å². The van der Waals surface area contributed by atoms with Crippen molar-refractivity contribution in [1.82, 2.24) is 10.3 Å². The Labute approximate surface area is 117 Å². The first-order chi connectivity index (χ1) is 8.90. The van der Waals surface area contributed by atoms with Crippen LogP contribution in [0.5, 0.6) is 0 Å². The molecule has 0 radical (unpaired) electrons. The van der Waals surface area contributed by atoms with Crippen LogP contribution in [0.2, 0.25) is 0 Å². The number of rotatable bonds is 5. The van der Waals surface area contributed by atoms with Gasteiger partial charge in [-0.05, 0) is 33.8 Å². The molecule has 19 heavy (non-hydrogen) atoms. The highest BCUT2D eigenvalue weighted by Crippen LogP contribution is 2.26. The maximum absolute atomic E-state index is 10.5. The van der Waals surface area contributed by atoms with Crippen LogP contribution in [0.4, 0.5) is 0 Å². The average molecular weight is 280 g/mol. The maximum Gasteiger partial charge on any atom is 0.107 e. The van der Waals surface area contributed by atoms with Crippen molar-refractivity contribution in [2.75, 3.05) is 6.54 Å². The van der Waals surface area contributed by atoms with Crippen LogP contribution in [-0.2, 0) is 12.1 Å². The number of nitrogens with zero attached hydrogens (tertiary/aromatic N) is 1. The summed E-state index contributed by atoms with van der Waals surface area (Å²) < 4.78 is 5.48. The van der Waals surface area contributed by atoms with Crippen LogP contribution >= 0.6 is 11.3 Å². The Bertz CT molecular complexity index is 558. The molecule has 2 heterocycles. The minimum Gasteiger partial charge on any atom is -0.466 e. The number of aryl methyl sites for hydroxylation is 3. The molecule has 0 amide bonds. The molecular formula is C14H20N2O2S. The van der Waals surface area contributed by atoms with E-state index >= 15 is 0 Å².